The zero-order valence-electron chi connectivity index (χ0n) is 15.8. The second-order valence-corrected chi connectivity index (χ2v) is 8.06. The van der Waals surface area contributed by atoms with Crippen LogP contribution >= 0.6 is 11.6 Å². The number of hydrogen-bond acceptors (Lipinski definition) is 2. The van der Waals surface area contributed by atoms with E-state index in [1.807, 2.05) is 24.0 Å². The zero-order chi connectivity index (χ0) is 18.7. The summed E-state index contributed by atoms with van der Waals surface area (Å²) in [7, 11) is 0. The molecule has 1 saturated carbocycles. The highest BCUT2D eigenvalue weighted by atomic mass is 35.5. The van der Waals surface area contributed by atoms with E-state index in [2.05, 4.69) is 6.92 Å². The fourth-order valence-electron chi connectivity index (χ4n) is 4.25. The molecule has 1 aromatic carbocycles. The van der Waals surface area contributed by atoms with Crippen molar-refractivity contribution >= 4 is 23.4 Å². The molecule has 26 heavy (non-hydrogen) atoms. The number of rotatable bonds is 4. The third kappa shape index (κ3) is 3.90. The summed E-state index contributed by atoms with van der Waals surface area (Å²) >= 11 is 6.03. The molecule has 2 atom stereocenters. The highest BCUT2D eigenvalue weighted by Gasteiger charge is 2.44. The second-order valence-electron chi connectivity index (χ2n) is 7.62. The molecule has 1 aliphatic heterocycles. The second kappa shape index (κ2) is 8.43. The van der Waals surface area contributed by atoms with E-state index in [1.165, 1.54) is 12.8 Å². The van der Waals surface area contributed by atoms with Crippen LogP contribution in [0.4, 0.5) is 0 Å². The molecule has 2 unspecified atom stereocenters. The summed E-state index contributed by atoms with van der Waals surface area (Å²) in [6.45, 7) is 4.30. The first-order valence-corrected chi connectivity index (χ1v) is 10.3. The Kier molecular flexibility index (Phi) is 6.23. The van der Waals surface area contributed by atoms with Gasteiger partial charge < -0.3 is 9.80 Å². The molecule has 4 nitrogen and oxygen atoms in total. The number of carbonyl (C=O) groups is 2. The van der Waals surface area contributed by atoms with E-state index in [4.69, 9.17) is 11.6 Å². The molecule has 0 radical (unpaired) electrons. The first kappa shape index (κ1) is 19.2. The van der Waals surface area contributed by atoms with Gasteiger partial charge in [-0.25, -0.2) is 0 Å². The molecule has 0 N–H and O–H groups in total. The average molecular weight is 377 g/mol. The van der Waals surface area contributed by atoms with Crippen LogP contribution in [0.25, 0.3) is 0 Å². The van der Waals surface area contributed by atoms with Gasteiger partial charge in [0.25, 0.3) is 5.91 Å². The van der Waals surface area contributed by atoms with Gasteiger partial charge >= 0.3 is 0 Å². The Bertz CT molecular complexity index is 638. The molecule has 2 fully saturated rings. The Labute approximate surface area is 161 Å². The van der Waals surface area contributed by atoms with Crippen LogP contribution in [-0.4, -0.2) is 40.2 Å². The zero-order valence-corrected chi connectivity index (χ0v) is 16.5. The van der Waals surface area contributed by atoms with Crippen LogP contribution in [0.1, 0.15) is 70.4 Å². The van der Waals surface area contributed by atoms with Gasteiger partial charge in [0.1, 0.15) is 12.6 Å². The van der Waals surface area contributed by atoms with Crippen molar-refractivity contribution in [1.29, 1.82) is 0 Å². The van der Waals surface area contributed by atoms with Crippen molar-refractivity contribution < 1.29 is 9.59 Å². The van der Waals surface area contributed by atoms with Gasteiger partial charge in [-0.15, -0.1) is 0 Å². The monoisotopic (exact) mass is 376 g/mol. The summed E-state index contributed by atoms with van der Waals surface area (Å²) < 4.78 is 0. The third-order valence-corrected chi connectivity index (χ3v) is 6.16. The minimum Gasteiger partial charge on any atom is -0.328 e. The van der Waals surface area contributed by atoms with E-state index in [1.54, 1.807) is 17.0 Å². The molecule has 0 bridgehead atoms. The first-order valence-electron chi connectivity index (χ1n) is 9.90. The molecule has 5 heteroatoms. The number of hydrogen-bond donors (Lipinski definition) is 0. The summed E-state index contributed by atoms with van der Waals surface area (Å²) in [6.07, 6.45) is 7.59. The summed E-state index contributed by atoms with van der Waals surface area (Å²) in [6, 6.07) is 7.05. The highest BCUT2D eigenvalue weighted by Crippen LogP contribution is 2.34. The molecule has 1 aliphatic carbocycles. The molecule has 1 aromatic rings. The van der Waals surface area contributed by atoms with Crippen LogP contribution < -0.4 is 0 Å². The Morgan fingerprint density at radius 1 is 1.08 bits per heavy atom. The minimum atomic E-state index is -0.535. The van der Waals surface area contributed by atoms with E-state index in [0.717, 1.165) is 37.7 Å². The van der Waals surface area contributed by atoms with Crippen molar-refractivity contribution in [2.45, 2.75) is 76.9 Å². The fourth-order valence-corrected chi connectivity index (χ4v) is 4.38. The number of amides is 2. The molecule has 3 rings (SSSR count). The standard InChI is InChI=1S/C21H29ClN2O2/c1-3-15(2)24-19(25)14-23(18-8-6-4-5-7-9-18)21(26)20(24)16-10-12-17(22)13-11-16/h10-13,15,18,20H,3-9,14H2,1-2H3. The van der Waals surface area contributed by atoms with Crippen molar-refractivity contribution in [3.63, 3.8) is 0 Å². The summed E-state index contributed by atoms with van der Waals surface area (Å²) in [5.41, 5.74) is 0.853. The van der Waals surface area contributed by atoms with Crippen molar-refractivity contribution in [3.05, 3.63) is 34.9 Å². The lowest BCUT2D eigenvalue weighted by Crippen LogP contribution is -2.60. The lowest BCUT2D eigenvalue weighted by Gasteiger charge is -2.45. The van der Waals surface area contributed by atoms with E-state index in [0.29, 0.717) is 5.02 Å². The lowest BCUT2D eigenvalue weighted by molar-refractivity contribution is -0.161. The fraction of sp³-hybridized carbons (Fsp3) is 0.619. The van der Waals surface area contributed by atoms with Gasteiger partial charge in [0.05, 0.1) is 0 Å². The largest absolute Gasteiger partial charge is 0.328 e. The third-order valence-electron chi connectivity index (χ3n) is 5.91. The van der Waals surface area contributed by atoms with Crippen LogP contribution in [0.3, 0.4) is 0 Å². The first-order chi connectivity index (χ1) is 12.5. The number of halogens is 1. The van der Waals surface area contributed by atoms with Gasteiger partial charge in [-0.05, 0) is 43.9 Å². The highest BCUT2D eigenvalue weighted by molar-refractivity contribution is 6.30. The topological polar surface area (TPSA) is 40.6 Å². The maximum absolute atomic E-state index is 13.5. The molecule has 2 amide bonds. The quantitative estimate of drug-likeness (QED) is 0.722. The van der Waals surface area contributed by atoms with Crippen molar-refractivity contribution in [2.75, 3.05) is 6.54 Å². The minimum absolute atomic E-state index is 0.0309. The predicted molar refractivity (Wildman–Crippen MR) is 104 cm³/mol. The molecular weight excluding hydrogens is 348 g/mol. The van der Waals surface area contributed by atoms with Gasteiger partial charge in [-0.1, -0.05) is 56.3 Å². The van der Waals surface area contributed by atoms with Gasteiger partial charge in [0.15, 0.2) is 0 Å². The molecule has 0 aromatic heterocycles. The normalized spacial score (nSPS) is 23.9. The number of benzene rings is 1. The van der Waals surface area contributed by atoms with Gasteiger partial charge in [-0.2, -0.15) is 0 Å². The van der Waals surface area contributed by atoms with E-state index < -0.39 is 6.04 Å². The SMILES string of the molecule is CCC(C)N1C(=O)CN(C2CCCCCC2)C(=O)C1c1ccc(Cl)cc1. The molecule has 0 spiro atoms. The van der Waals surface area contributed by atoms with Crippen LogP contribution in [0.15, 0.2) is 24.3 Å². The van der Waals surface area contributed by atoms with Crippen LogP contribution in [0.2, 0.25) is 5.02 Å². The Balaban J connectivity index is 1.94. The summed E-state index contributed by atoms with van der Waals surface area (Å²) in [4.78, 5) is 30.2. The number of carbonyl (C=O) groups excluding carboxylic acids is 2. The summed E-state index contributed by atoms with van der Waals surface area (Å²) in [5.74, 6) is 0.127. The van der Waals surface area contributed by atoms with Crippen molar-refractivity contribution in [2.24, 2.45) is 0 Å². The van der Waals surface area contributed by atoms with Crippen molar-refractivity contribution in [3.8, 4) is 0 Å². The van der Waals surface area contributed by atoms with Crippen LogP contribution in [-0.2, 0) is 9.59 Å². The lowest BCUT2D eigenvalue weighted by atomic mass is 9.96. The molecule has 2 aliphatic rings. The maximum Gasteiger partial charge on any atom is 0.250 e. The Hall–Kier alpha value is -1.55. The van der Waals surface area contributed by atoms with Crippen molar-refractivity contribution in [1.82, 2.24) is 9.80 Å². The Morgan fingerprint density at radius 2 is 1.69 bits per heavy atom. The Morgan fingerprint density at radius 3 is 2.27 bits per heavy atom. The van der Waals surface area contributed by atoms with Gasteiger partial charge in [-0.3, -0.25) is 9.59 Å². The molecular formula is C21H29ClN2O2. The molecule has 1 heterocycles. The van der Waals surface area contributed by atoms with Crippen LogP contribution in [0, 0.1) is 0 Å². The molecule has 142 valence electrons. The number of nitrogens with zero attached hydrogens (tertiary/aromatic N) is 2. The smallest absolute Gasteiger partial charge is 0.250 e. The van der Waals surface area contributed by atoms with E-state index in [-0.39, 0.29) is 30.4 Å². The molecule has 1 saturated heterocycles. The van der Waals surface area contributed by atoms with E-state index in [9.17, 15) is 9.59 Å². The average Bonchev–Trinajstić information content (AvgIpc) is 2.92. The van der Waals surface area contributed by atoms with Crippen LogP contribution in [0.5, 0.6) is 0 Å². The van der Waals surface area contributed by atoms with Gasteiger partial charge in [0, 0.05) is 17.1 Å². The number of piperazine rings is 1. The summed E-state index contributed by atoms with van der Waals surface area (Å²) in [5, 5.41) is 0.638. The van der Waals surface area contributed by atoms with Gasteiger partial charge in [0.2, 0.25) is 5.91 Å². The van der Waals surface area contributed by atoms with E-state index >= 15 is 0 Å². The predicted octanol–water partition coefficient (Wildman–Crippen LogP) is 4.57. The maximum atomic E-state index is 13.5.